The molecule has 18 heavy (non-hydrogen) atoms. The molecule has 0 aromatic heterocycles. The average molecular weight is 291 g/mol. The van der Waals surface area contributed by atoms with Crippen molar-refractivity contribution in [1.29, 1.82) is 0 Å². The highest BCUT2D eigenvalue weighted by molar-refractivity contribution is 7.90. The first-order chi connectivity index (χ1) is 8.01. The van der Waals surface area contributed by atoms with Crippen molar-refractivity contribution in [2.24, 2.45) is 5.92 Å². The van der Waals surface area contributed by atoms with E-state index in [1.165, 1.54) is 11.6 Å². The van der Waals surface area contributed by atoms with Crippen LogP contribution >= 0.6 is 0 Å². The molecular formula is C9H16F3NO4S. The van der Waals surface area contributed by atoms with Gasteiger partial charge in [-0.25, -0.2) is 13.1 Å². The van der Waals surface area contributed by atoms with E-state index in [9.17, 15) is 26.4 Å². The summed E-state index contributed by atoms with van der Waals surface area (Å²) in [5, 5.41) is 0. The molecule has 2 unspecified atom stereocenters. The van der Waals surface area contributed by atoms with Crippen LogP contribution in [-0.4, -0.2) is 32.5 Å². The van der Waals surface area contributed by atoms with Gasteiger partial charge in [0.2, 0.25) is 0 Å². The number of nitrogens with one attached hydrogen (secondary N) is 1. The number of hydrogen-bond acceptors (Lipinski definition) is 4. The molecule has 0 aliphatic rings. The van der Waals surface area contributed by atoms with Gasteiger partial charge in [0.25, 0.3) is 0 Å². The molecule has 0 spiro atoms. The Morgan fingerprint density at radius 3 is 2.22 bits per heavy atom. The molecule has 0 aromatic carbocycles. The molecule has 0 bridgehead atoms. The zero-order valence-corrected chi connectivity index (χ0v) is 11.1. The molecule has 5 nitrogen and oxygen atoms in total. The number of esters is 1. The maximum Gasteiger partial charge on any atom is 0.511 e. The fraction of sp³-hybridized carbons (Fsp3) is 0.889. The fourth-order valence-electron chi connectivity index (χ4n) is 0.832. The number of carbonyl (C=O) groups excluding carboxylic acids is 1. The lowest BCUT2D eigenvalue weighted by molar-refractivity contribution is -0.152. The predicted octanol–water partition coefficient (Wildman–Crippen LogP) is 1.40. The molecule has 0 fully saturated rings. The van der Waals surface area contributed by atoms with E-state index in [0.717, 1.165) is 0 Å². The van der Waals surface area contributed by atoms with E-state index < -0.39 is 34.1 Å². The normalized spacial score (nSPS) is 16.1. The zero-order chi connectivity index (χ0) is 14.6. The standard InChI is InChI=1S/C9H16F3NO4S/c1-4-6(2)8(14)17-7(3)5-13-18(15,16)9(10,11)12/h6-7,13H,4-5H2,1-3H3. The Balaban J connectivity index is 4.29. The van der Waals surface area contributed by atoms with Crippen LogP contribution in [0.5, 0.6) is 0 Å². The quantitative estimate of drug-likeness (QED) is 0.751. The Morgan fingerprint density at radius 1 is 1.33 bits per heavy atom. The number of carbonyl (C=O) groups is 1. The molecule has 9 heteroatoms. The van der Waals surface area contributed by atoms with Crippen molar-refractivity contribution in [2.75, 3.05) is 6.54 Å². The van der Waals surface area contributed by atoms with Gasteiger partial charge in [0.05, 0.1) is 5.92 Å². The first kappa shape index (κ1) is 17.2. The van der Waals surface area contributed by atoms with E-state index >= 15 is 0 Å². The van der Waals surface area contributed by atoms with Gasteiger partial charge in [-0.2, -0.15) is 13.2 Å². The lowest BCUT2D eigenvalue weighted by Gasteiger charge is -2.17. The van der Waals surface area contributed by atoms with Crippen molar-refractivity contribution in [3.63, 3.8) is 0 Å². The highest BCUT2D eigenvalue weighted by Crippen LogP contribution is 2.21. The van der Waals surface area contributed by atoms with Crippen LogP contribution in [0.1, 0.15) is 27.2 Å². The molecule has 0 saturated carbocycles. The van der Waals surface area contributed by atoms with E-state index in [4.69, 9.17) is 4.74 Å². The predicted molar refractivity (Wildman–Crippen MR) is 58.0 cm³/mol. The summed E-state index contributed by atoms with van der Waals surface area (Å²) in [4.78, 5) is 11.3. The van der Waals surface area contributed by atoms with E-state index in [0.29, 0.717) is 6.42 Å². The molecule has 1 N–H and O–H groups in total. The molecule has 108 valence electrons. The zero-order valence-electron chi connectivity index (χ0n) is 10.2. The smallest absolute Gasteiger partial charge is 0.461 e. The summed E-state index contributed by atoms with van der Waals surface area (Å²) in [5.74, 6) is -0.956. The lowest BCUT2D eigenvalue weighted by atomic mass is 10.1. The van der Waals surface area contributed by atoms with Gasteiger partial charge in [-0.15, -0.1) is 0 Å². The van der Waals surface area contributed by atoms with Crippen LogP contribution in [-0.2, 0) is 19.6 Å². The third-order valence-corrected chi connectivity index (χ3v) is 3.35. The molecule has 0 heterocycles. The van der Waals surface area contributed by atoms with Gasteiger partial charge in [-0.3, -0.25) is 4.79 Å². The molecule has 0 aliphatic carbocycles. The fourth-order valence-corrected chi connectivity index (χ4v) is 1.45. The first-order valence-electron chi connectivity index (χ1n) is 5.27. The van der Waals surface area contributed by atoms with Gasteiger partial charge in [-0.05, 0) is 13.3 Å². The molecule has 0 rings (SSSR count). The van der Waals surface area contributed by atoms with Gasteiger partial charge in [-0.1, -0.05) is 13.8 Å². The van der Waals surface area contributed by atoms with E-state index in [-0.39, 0.29) is 5.92 Å². The van der Waals surface area contributed by atoms with Gasteiger partial charge >= 0.3 is 21.5 Å². The lowest BCUT2D eigenvalue weighted by Crippen LogP contribution is -2.41. The average Bonchev–Trinajstić information content (AvgIpc) is 2.23. The summed E-state index contributed by atoms with van der Waals surface area (Å²) in [5.41, 5.74) is -5.37. The Hall–Kier alpha value is -0.830. The first-order valence-corrected chi connectivity index (χ1v) is 6.76. The SMILES string of the molecule is CCC(C)C(=O)OC(C)CNS(=O)(=O)C(F)(F)F. The Labute approximate surface area is 104 Å². The van der Waals surface area contributed by atoms with Crippen molar-refractivity contribution in [2.45, 2.75) is 38.8 Å². The highest BCUT2D eigenvalue weighted by Gasteiger charge is 2.45. The van der Waals surface area contributed by atoms with Crippen LogP contribution in [0.15, 0.2) is 0 Å². The van der Waals surface area contributed by atoms with Crippen LogP contribution in [0, 0.1) is 5.92 Å². The molecule has 0 saturated heterocycles. The largest absolute Gasteiger partial charge is 0.511 e. The van der Waals surface area contributed by atoms with Crippen molar-refractivity contribution < 1.29 is 31.1 Å². The number of ether oxygens (including phenoxy) is 1. The maximum absolute atomic E-state index is 12.0. The number of rotatable bonds is 6. The van der Waals surface area contributed by atoms with Crippen molar-refractivity contribution in [1.82, 2.24) is 4.72 Å². The minimum Gasteiger partial charge on any atom is -0.461 e. The summed E-state index contributed by atoms with van der Waals surface area (Å²) >= 11 is 0. The summed E-state index contributed by atoms with van der Waals surface area (Å²) in [6, 6.07) is 0. The molecular weight excluding hydrogens is 275 g/mol. The topological polar surface area (TPSA) is 72.5 Å². The van der Waals surface area contributed by atoms with Crippen LogP contribution in [0.3, 0.4) is 0 Å². The molecule has 0 aromatic rings. The summed E-state index contributed by atoms with van der Waals surface area (Å²) in [6.45, 7) is 4.04. The number of sulfonamides is 1. The van der Waals surface area contributed by atoms with Crippen molar-refractivity contribution in [3.8, 4) is 0 Å². The van der Waals surface area contributed by atoms with Gasteiger partial charge in [0.1, 0.15) is 6.10 Å². The number of hydrogen-bond donors (Lipinski definition) is 1. The highest BCUT2D eigenvalue weighted by atomic mass is 32.2. The van der Waals surface area contributed by atoms with Crippen LogP contribution in [0.25, 0.3) is 0 Å². The Morgan fingerprint density at radius 2 is 1.83 bits per heavy atom. The minimum atomic E-state index is -5.40. The van der Waals surface area contributed by atoms with Crippen LogP contribution < -0.4 is 4.72 Å². The van der Waals surface area contributed by atoms with Crippen molar-refractivity contribution >= 4 is 16.0 Å². The Kier molecular flexibility index (Phi) is 6.08. The number of halogens is 3. The third-order valence-electron chi connectivity index (χ3n) is 2.20. The minimum absolute atomic E-state index is 0.383. The van der Waals surface area contributed by atoms with Gasteiger partial charge in [0, 0.05) is 6.54 Å². The number of alkyl halides is 3. The second-order valence-corrected chi connectivity index (χ2v) is 5.61. The summed E-state index contributed by atoms with van der Waals surface area (Å²) in [7, 11) is -5.40. The van der Waals surface area contributed by atoms with Crippen LogP contribution in [0.4, 0.5) is 13.2 Å². The molecule has 2 atom stereocenters. The van der Waals surface area contributed by atoms with E-state index in [1.807, 2.05) is 0 Å². The molecule has 0 amide bonds. The molecule has 0 radical (unpaired) electrons. The third kappa shape index (κ3) is 5.21. The Bertz CT molecular complexity index is 380. The van der Waals surface area contributed by atoms with Gasteiger partial charge in [0.15, 0.2) is 0 Å². The van der Waals surface area contributed by atoms with Crippen molar-refractivity contribution in [3.05, 3.63) is 0 Å². The monoisotopic (exact) mass is 291 g/mol. The summed E-state index contributed by atoms with van der Waals surface area (Å²) < 4.78 is 63.3. The van der Waals surface area contributed by atoms with E-state index in [1.54, 1.807) is 13.8 Å². The second-order valence-electron chi connectivity index (χ2n) is 3.85. The maximum atomic E-state index is 12.0. The molecule has 0 aliphatic heterocycles. The summed E-state index contributed by atoms with van der Waals surface area (Å²) in [6.07, 6.45) is -0.441. The van der Waals surface area contributed by atoms with E-state index in [2.05, 4.69) is 0 Å². The second kappa shape index (κ2) is 6.37. The van der Waals surface area contributed by atoms with Gasteiger partial charge < -0.3 is 4.74 Å². The van der Waals surface area contributed by atoms with Crippen LogP contribution in [0.2, 0.25) is 0 Å².